The van der Waals surface area contributed by atoms with E-state index in [9.17, 15) is 13.2 Å². The highest BCUT2D eigenvalue weighted by Crippen LogP contribution is 2.14. The molecule has 88 valence electrons. The maximum atomic E-state index is 11.5. The Morgan fingerprint density at radius 1 is 1.38 bits per heavy atom. The van der Waals surface area contributed by atoms with Gasteiger partial charge in [-0.25, -0.2) is 8.42 Å². The largest absolute Gasteiger partial charge is 0.481 e. The van der Waals surface area contributed by atoms with Crippen molar-refractivity contribution in [2.45, 2.75) is 12.2 Å². The Bertz CT molecular complexity index is 481. The van der Waals surface area contributed by atoms with Crippen LogP contribution in [0.15, 0.2) is 28.7 Å². The Hall–Kier alpha value is -0.880. The van der Waals surface area contributed by atoms with Crippen LogP contribution in [0.4, 0.5) is 0 Å². The Morgan fingerprint density at radius 3 is 2.62 bits per heavy atom. The van der Waals surface area contributed by atoms with Crippen LogP contribution in [-0.4, -0.2) is 25.2 Å². The van der Waals surface area contributed by atoms with Gasteiger partial charge < -0.3 is 5.11 Å². The van der Waals surface area contributed by atoms with Crippen molar-refractivity contribution in [3.63, 3.8) is 0 Å². The average Bonchev–Trinajstić information content (AvgIpc) is 2.14. The summed E-state index contributed by atoms with van der Waals surface area (Å²) in [5.74, 6) is -1.55. The van der Waals surface area contributed by atoms with Crippen molar-refractivity contribution < 1.29 is 18.3 Å². The predicted octanol–water partition coefficient (Wildman–Crippen LogP) is 1.84. The van der Waals surface area contributed by atoms with E-state index in [4.69, 9.17) is 5.11 Å². The molecule has 0 unspecified atom stereocenters. The molecular weight excluding hydrogens is 296 g/mol. The molecule has 0 aliphatic heterocycles. The standard InChI is InChI=1S/C10H11BrO4S/c11-9-3-1-2-8(6-9)7-16(14,15)5-4-10(12)13/h1-3,6H,4-5,7H2,(H,12,13). The van der Waals surface area contributed by atoms with E-state index in [1.807, 2.05) is 0 Å². The molecule has 0 saturated carbocycles. The zero-order valence-electron chi connectivity index (χ0n) is 8.39. The fourth-order valence-electron chi connectivity index (χ4n) is 1.20. The molecule has 0 heterocycles. The number of hydrogen-bond donors (Lipinski definition) is 1. The topological polar surface area (TPSA) is 71.4 Å². The number of carboxylic acid groups (broad SMARTS) is 1. The van der Waals surface area contributed by atoms with E-state index in [2.05, 4.69) is 15.9 Å². The fourth-order valence-corrected chi connectivity index (χ4v) is 2.96. The highest BCUT2D eigenvalue weighted by Gasteiger charge is 2.14. The minimum atomic E-state index is -3.35. The molecule has 0 amide bonds. The van der Waals surface area contributed by atoms with Gasteiger partial charge in [-0.15, -0.1) is 0 Å². The summed E-state index contributed by atoms with van der Waals surface area (Å²) < 4.78 is 23.9. The zero-order chi connectivity index (χ0) is 12.2. The number of carboxylic acids is 1. The zero-order valence-corrected chi connectivity index (χ0v) is 10.8. The molecule has 0 atom stereocenters. The summed E-state index contributed by atoms with van der Waals surface area (Å²) in [5.41, 5.74) is 0.653. The molecule has 1 N–H and O–H groups in total. The van der Waals surface area contributed by atoms with E-state index < -0.39 is 15.8 Å². The fraction of sp³-hybridized carbons (Fsp3) is 0.300. The van der Waals surface area contributed by atoms with Crippen LogP contribution in [-0.2, 0) is 20.4 Å². The first kappa shape index (κ1) is 13.2. The first-order chi connectivity index (χ1) is 7.39. The number of sulfone groups is 1. The lowest BCUT2D eigenvalue weighted by molar-refractivity contribution is -0.136. The summed E-state index contributed by atoms with van der Waals surface area (Å²) in [5, 5.41) is 8.42. The van der Waals surface area contributed by atoms with Crippen molar-refractivity contribution in [3.8, 4) is 0 Å². The van der Waals surface area contributed by atoms with Crippen LogP contribution in [0.3, 0.4) is 0 Å². The minimum Gasteiger partial charge on any atom is -0.481 e. The first-order valence-electron chi connectivity index (χ1n) is 4.56. The van der Waals surface area contributed by atoms with Crippen LogP contribution in [0.1, 0.15) is 12.0 Å². The Balaban J connectivity index is 2.69. The second kappa shape index (κ2) is 5.45. The van der Waals surface area contributed by atoms with Gasteiger partial charge in [0.1, 0.15) is 0 Å². The number of carbonyl (C=O) groups is 1. The van der Waals surface area contributed by atoms with Crippen LogP contribution in [0, 0.1) is 0 Å². The summed E-state index contributed by atoms with van der Waals surface area (Å²) in [6.07, 6.45) is -0.351. The van der Waals surface area contributed by atoms with Crippen LogP contribution >= 0.6 is 15.9 Å². The van der Waals surface area contributed by atoms with Crippen molar-refractivity contribution in [1.29, 1.82) is 0 Å². The molecule has 0 fully saturated rings. The lowest BCUT2D eigenvalue weighted by Crippen LogP contribution is -2.12. The highest BCUT2D eigenvalue weighted by atomic mass is 79.9. The van der Waals surface area contributed by atoms with Crippen molar-refractivity contribution in [2.75, 3.05) is 5.75 Å². The number of aliphatic carboxylic acids is 1. The van der Waals surface area contributed by atoms with E-state index in [1.165, 1.54) is 0 Å². The third-order valence-corrected chi connectivity index (χ3v) is 4.00. The maximum Gasteiger partial charge on any atom is 0.304 e. The Kier molecular flexibility index (Phi) is 4.49. The van der Waals surface area contributed by atoms with Crippen molar-refractivity contribution in [3.05, 3.63) is 34.3 Å². The molecule has 4 nitrogen and oxygen atoms in total. The lowest BCUT2D eigenvalue weighted by atomic mass is 10.2. The van der Waals surface area contributed by atoms with Gasteiger partial charge in [0, 0.05) is 4.47 Å². The van der Waals surface area contributed by atoms with E-state index in [0.717, 1.165) is 4.47 Å². The molecule has 1 aromatic carbocycles. The first-order valence-corrected chi connectivity index (χ1v) is 7.17. The Labute approximate surface area is 102 Å². The van der Waals surface area contributed by atoms with Crippen molar-refractivity contribution in [2.24, 2.45) is 0 Å². The summed E-state index contributed by atoms with van der Waals surface area (Å²) in [7, 11) is -3.35. The molecule has 0 aliphatic rings. The molecular formula is C10H11BrO4S. The summed E-state index contributed by atoms with van der Waals surface area (Å²) in [4.78, 5) is 10.3. The monoisotopic (exact) mass is 306 g/mol. The summed E-state index contributed by atoms with van der Waals surface area (Å²) in [6.45, 7) is 0. The lowest BCUT2D eigenvalue weighted by Gasteiger charge is -2.03. The molecule has 1 aromatic rings. The van der Waals surface area contributed by atoms with Crippen LogP contribution in [0.25, 0.3) is 0 Å². The van der Waals surface area contributed by atoms with Crippen molar-refractivity contribution >= 4 is 31.7 Å². The third-order valence-electron chi connectivity index (χ3n) is 1.90. The number of hydrogen-bond acceptors (Lipinski definition) is 3. The summed E-state index contributed by atoms with van der Waals surface area (Å²) in [6, 6.07) is 6.95. The van der Waals surface area contributed by atoms with Gasteiger partial charge in [0.15, 0.2) is 9.84 Å². The van der Waals surface area contributed by atoms with Crippen LogP contribution < -0.4 is 0 Å². The Morgan fingerprint density at radius 2 is 2.06 bits per heavy atom. The smallest absolute Gasteiger partial charge is 0.304 e. The van der Waals surface area contributed by atoms with E-state index in [1.54, 1.807) is 24.3 Å². The number of rotatable bonds is 5. The molecule has 0 radical (unpaired) electrons. The van der Waals surface area contributed by atoms with Gasteiger partial charge in [0.25, 0.3) is 0 Å². The van der Waals surface area contributed by atoms with Gasteiger partial charge in [0.2, 0.25) is 0 Å². The molecule has 0 saturated heterocycles. The van der Waals surface area contributed by atoms with Gasteiger partial charge in [-0.05, 0) is 17.7 Å². The minimum absolute atomic E-state index is 0.125. The van der Waals surface area contributed by atoms with Gasteiger partial charge >= 0.3 is 5.97 Å². The molecule has 6 heteroatoms. The van der Waals surface area contributed by atoms with Crippen LogP contribution in [0.5, 0.6) is 0 Å². The second-order valence-corrected chi connectivity index (χ2v) is 6.47. The second-order valence-electron chi connectivity index (χ2n) is 3.37. The van der Waals surface area contributed by atoms with Crippen LogP contribution in [0.2, 0.25) is 0 Å². The molecule has 1 rings (SSSR count). The highest BCUT2D eigenvalue weighted by molar-refractivity contribution is 9.10. The maximum absolute atomic E-state index is 11.5. The van der Waals surface area contributed by atoms with E-state index in [-0.39, 0.29) is 17.9 Å². The van der Waals surface area contributed by atoms with Gasteiger partial charge in [-0.3, -0.25) is 4.79 Å². The van der Waals surface area contributed by atoms with Gasteiger partial charge in [-0.1, -0.05) is 28.1 Å². The molecule has 0 aromatic heterocycles. The molecule has 0 aliphatic carbocycles. The molecule has 0 bridgehead atoms. The quantitative estimate of drug-likeness (QED) is 0.901. The van der Waals surface area contributed by atoms with Crippen molar-refractivity contribution in [1.82, 2.24) is 0 Å². The third kappa shape index (κ3) is 4.76. The average molecular weight is 307 g/mol. The SMILES string of the molecule is O=C(O)CCS(=O)(=O)Cc1cccc(Br)c1. The van der Waals surface area contributed by atoms with Gasteiger partial charge in [-0.2, -0.15) is 0 Å². The number of halogens is 1. The molecule has 16 heavy (non-hydrogen) atoms. The number of benzene rings is 1. The van der Waals surface area contributed by atoms with E-state index >= 15 is 0 Å². The van der Waals surface area contributed by atoms with Gasteiger partial charge in [0.05, 0.1) is 17.9 Å². The normalized spacial score (nSPS) is 11.3. The van der Waals surface area contributed by atoms with E-state index in [0.29, 0.717) is 5.56 Å². The predicted molar refractivity (Wildman–Crippen MR) is 63.9 cm³/mol. The summed E-state index contributed by atoms with van der Waals surface area (Å²) >= 11 is 3.24. The molecule has 0 spiro atoms.